The molecule has 15 heavy (non-hydrogen) atoms. The molecule has 0 aromatic carbocycles. The maximum atomic E-state index is 9.35. The quantitative estimate of drug-likeness (QED) is 0.409. The lowest BCUT2D eigenvalue weighted by Gasteiger charge is -2.13. The molecule has 0 saturated heterocycles. The van der Waals surface area contributed by atoms with Gasteiger partial charge in [0.05, 0.1) is 11.1 Å². The highest BCUT2D eigenvalue weighted by atomic mass is 32.2. The summed E-state index contributed by atoms with van der Waals surface area (Å²) in [7, 11) is 0. The summed E-state index contributed by atoms with van der Waals surface area (Å²) in [5.41, 5.74) is 5.81. The standard InChI is InChI=1S/C10H15N3OS/c1-6(14)7(2)15-9-5-3-4-8(13-9)10(11)12/h3-7,14H,1-2H3,(H3,11,12). The summed E-state index contributed by atoms with van der Waals surface area (Å²) in [6.07, 6.45) is -0.391. The largest absolute Gasteiger partial charge is 0.392 e. The van der Waals surface area contributed by atoms with Crippen molar-refractivity contribution in [3.8, 4) is 0 Å². The van der Waals surface area contributed by atoms with Gasteiger partial charge in [-0.05, 0) is 19.1 Å². The fraction of sp³-hybridized carbons (Fsp3) is 0.400. The smallest absolute Gasteiger partial charge is 0.141 e. The zero-order chi connectivity index (χ0) is 11.4. The number of nitrogens with zero attached hydrogens (tertiary/aromatic N) is 1. The van der Waals surface area contributed by atoms with E-state index in [-0.39, 0.29) is 11.1 Å². The van der Waals surface area contributed by atoms with Crippen LogP contribution in [-0.2, 0) is 0 Å². The van der Waals surface area contributed by atoms with E-state index in [9.17, 15) is 5.11 Å². The van der Waals surface area contributed by atoms with Crippen LogP contribution in [0.4, 0.5) is 0 Å². The van der Waals surface area contributed by atoms with Gasteiger partial charge in [0.1, 0.15) is 11.5 Å². The van der Waals surface area contributed by atoms with Crippen molar-refractivity contribution in [2.75, 3.05) is 0 Å². The highest BCUT2D eigenvalue weighted by Gasteiger charge is 2.11. The minimum absolute atomic E-state index is 0.0397. The van der Waals surface area contributed by atoms with Gasteiger partial charge in [-0.3, -0.25) is 5.41 Å². The SMILES string of the molecule is CC(O)C(C)Sc1cccc(C(=N)N)n1. The summed E-state index contributed by atoms with van der Waals surface area (Å²) >= 11 is 1.47. The molecule has 0 radical (unpaired) electrons. The van der Waals surface area contributed by atoms with E-state index >= 15 is 0 Å². The molecule has 0 amide bonds. The van der Waals surface area contributed by atoms with E-state index in [0.717, 1.165) is 5.03 Å². The molecule has 0 spiro atoms. The van der Waals surface area contributed by atoms with Crippen molar-refractivity contribution in [1.29, 1.82) is 5.41 Å². The predicted molar refractivity (Wildman–Crippen MR) is 62.3 cm³/mol. The Morgan fingerprint density at radius 1 is 1.53 bits per heavy atom. The van der Waals surface area contributed by atoms with Crippen LogP contribution in [0.3, 0.4) is 0 Å². The third kappa shape index (κ3) is 3.53. The molecule has 0 aliphatic rings. The second-order valence-electron chi connectivity index (χ2n) is 3.34. The van der Waals surface area contributed by atoms with E-state index < -0.39 is 6.10 Å². The van der Waals surface area contributed by atoms with Crippen LogP contribution in [-0.4, -0.2) is 27.3 Å². The summed E-state index contributed by atoms with van der Waals surface area (Å²) in [6, 6.07) is 5.34. The Bertz CT molecular complexity index is 354. The van der Waals surface area contributed by atoms with Crippen molar-refractivity contribution >= 4 is 17.6 Å². The molecule has 1 heterocycles. The molecule has 1 aromatic heterocycles. The summed E-state index contributed by atoms with van der Waals surface area (Å²) in [4.78, 5) is 4.20. The highest BCUT2D eigenvalue weighted by Crippen LogP contribution is 2.23. The molecule has 1 rings (SSSR count). The van der Waals surface area contributed by atoms with Gasteiger partial charge in [-0.15, -0.1) is 11.8 Å². The highest BCUT2D eigenvalue weighted by molar-refractivity contribution is 7.99. The summed E-state index contributed by atoms with van der Waals surface area (Å²) in [5, 5.41) is 17.4. The van der Waals surface area contributed by atoms with Crippen molar-refractivity contribution in [2.45, 2.75) is 30.2 Å². The maximum absolute atomic E-state index is 9.35. The summed E-state index contributed by atoms with van der Waals surface area (Å²) < 4.78 is 0. The number of hydrogen-bond donors (Lipinski definition) is 3. The average molecular weight is 225 g/mol. The lowest BCUT2D eigenvalue weighted by Crippen LogP contribution is -2.16. The molecule has 2 unspecified atom stereocenters. The number of aliphatic hydroxyl groups excluding tert-OH is 1. The number of rotatable bonds is 4. The first-order chi connectivity index (χ1) is 7.00. The van der Waals surface area contributed by atoms with E-state index in [1.807, 2.05) is 13.0 Å². The number of nitrogens with one attached hydrogen (secondary N) is 1. The second kappa shape index (κ2) is 5.14. The molecule has 0 aliphatic carbocycles. The Balaban J connectivity index is 2.78. The number of pyridine rings is 1. The third-order valence-corrected chi connectivity index (χ3v) is 3.22. The third-order valence-electron chi connectivity index (χ3n) is 1.99. The average Bonchev–Trinajstić information content (AvgIpc) is 2.18. The van der Waals surface area contributed by atoms with E-state index in [1.54, 1.807) is 19.1 Å². The van der Waals surface area contributed by atoms with Crippen molar-refractivity contribution in [3.05, 3.63) is 23.9 Å². The van der Waals surface area contributed by atoms with Crippen LogP contribution in [0.1, 0.15) is 19.5 Å². The molecule has 0 saturated carbocycles. The molecule has 5 heteroatoms. The van der Waals surface area contributed by atoms with Gasteiger partial charge in [-0.1, -0.05) is 13.0 Å². The zero-order valence-corrected chi connectivity index (χ0v) is 9.58. The molecule has 4 N–H and O–H groups in total. The molecule has 2 atom stereocenters. The van der Waals surface area contributed by atoms with Crippen LogP contribution in [0.15, 0.2) is 23.2 Å². The number of thioether (sulfide) groups is 1. The number of nitrogen functional groups attached to an aromatic ring is 1. The Labute approximate surface area is 93.4 Å². The van der Waals surface area contributed by atoms with Crippen molar-refractivity contribution in [3.63, 3.8) is 0 Å². The molecule has 1 aromatic rings. The summed E-state index contributed by atoms with van der Waals surface area (Å²) in [6.45, 7) is 3.67. The monoisotopic (exact) mass is 225 g/mol. The fourth-order valence-corrected chi connectivity index (χ4v) is 1.81. The van der Waals surface area contributed by atoms with Crippen LogP contribution in [0.5, 0.6) is 0 Å². The molecular formula is C10H15N3OS. The Morgan fingerprint density at radius 3 is 2.73 bits per heavy atom. The fourth-order valence-electron chi connectivity index (χ4n) is 0.919. The molecule has 4 nitrogen and oxygen atoms in total. The lowest BCUT2D eigenvalue weighted by atomic mass is 10.3. The van der Waals surface area contributed by atoms with E-state index in [2.05, 4.69) is 4.98 Å². The van der Waals surface area contributed by atoms with E-state index in [1.165, 1.54) is 11.8 Å². The lowest BCUT2D eigenvalue weighted by molar-refractivity contribution is 0.196. The Kier molecular flexibility index (Phi) is 4.11. The topological polar surface area (TPSA) is 83.0 Å². The van der Waals surface area contributed by atoms with Gasteiger partial charge in [0.15, 0.2) is 0 Å². The first-order valence-corrected chi connectivity index (χ1v) is 5.55. The molecule has 82 valence electrons. The van der Waals surface area contributed by atoms with E-state index in [4.69, 9.17) is 11.1 Å². The van der Waals surface area contributed by atoms with Gasteiger partial charge in [0, 0.05) is 5.25 Å². The minimum atomic E-state index is -0.391. The number of nitrogens with two attached hydrogens (primary N) is 1. The van der Waals surface area contributed by atoms with Crippen LogP contribution in [0.2, 0.25) is 0 Å². The molecule has 0 bridgehead atoms. The first-order valence-electron chi connectivity index (χ1n) is 4.67. The van der Waals surface area contributed by atoms with Gasteiger partial charge in [-0.2, -0.15) is 0 Å². The number of hydrogen-bond acceptors (Lipinski definition) is 4. The van der Waals surface area contributed by atoms with E-state index in [0.29, 0.717) is 5.69 Å². The van der Waals surface area contributed by atoms with Crippen LogP contribution in [0, 0.1) is 5.41 Å². The Morgan fingerprint density at radius 2 is 2.20 bits per heavy atom. The zero-order valence-electron chi connectivity index (χ0n) is 8.77. The van der Waals surface area contributed by atoms with Crippen molar-refractivity contribution in [2.24, 2.45) is 5.73 Å². The number of aliphatic hydroxyl groups is 1. The van der Waals surface area contributed by atoms with Gasteiger partial charge in [0.25, 0.3) is 0 Å². The predicted octanol–water partition coefficient (Wildman–Crippen LogP) is 1.23. The molecular weight excluding hydrogens is 210 g/mol. The Hall–Kier alpha value is -1.07. The van der Waals surface area contributed by atoms with Crippen LogP contribution < -0.4 is 5.73 Å². The van der Waals surface area contributed by atoms with Crippen molar-refractivity contribution < 1.29 is 5.11 Å². The van der Waals surface area contributed by atoms with Gasteiger partial charge >= 0.3 is 0 Å². The van der Waals surface area contributed by atoms with Crippen LogP contribution in [0.25, 0.3) is 0 Å². The van der Waals surface area contributed by atoms with Gasteiger partial charge < -0.3 is 10.8 Å². The second-order valence-corrected chi connectivity index (χ2v) is 4.74. The normalized spacial score (nSPS) is 14.6. The number of aromatic nitrogens is 1. The first kappa shape index (κ1) is 12.0. The van der Waals surface area contributed by atoms with Crippen molar-refractivity contribution in [1.82, 2.24) is 4.98 Å². The van der Waals surface area contributed by atoms with Crippen LogP contribution >= 0.6 is 11.8 Å². The number of amidine groups is 1. The maximum Gasteiger partial charge on any atom is 0.141 e. The van der Waals surface area contributed by atoms with Gasteiger partial charge in [0.2, 0.25) is 0 Å². The minimum Gasteiger partial charge on any atom is -0.392 e. The molecule has 0 aliphatic heterocycles. The van der Waals surface area contributed by atoms with Gasteiger partial charge in [-0.25, -0.2) is 4.98 Å². The molecule has 0 fully saturated rings. The summed E-state index contributed by atoms with van der Waals surface area (Å²) in [5.74, 6) is -0.0397.